The van der Waals surface area contributed by atoms with Gasteiger partial charge in [-0.1, -0.05) is 12.1 Å². The average molecular weight is 195 g/mol. The van der Waals surface area contributed by atoms with E-state index in [0.717, 1.165) is 12.1 Å². The zero-order valence-corrected chi connectivity index (χ0v) is 8.16. The Kier molecular flexibility index (Phi) is 2.79. The van der Waals surface area contributed by atoms with Crippen LogP contribution in [0.15, 0.2) is 24.3 Å². The molecule has 0 aromatic heterocycles. The molecule has 3 heteroatoms. The maximum Gasteiger partial charge on any atom is 0.123 e. The Morgan fingerprint density at radius 2 is 2.36 bits per heavy atom. The van der Waals surface area contributed by atoms with Gasteiger partial charge in [0.15, 0.2) is 0 Å². The van der Waals surface area contributed by atoms with E-state index in [-0.39, 0.29) is 18.0 Å². The summed E-state index contributed by atoms with van der Waals surface area (Å²) >= 11 is 0. The summed E-state index contributed by atoms with van der Waals surface area (Å²) in [6.45, 7) is 3.46. The first-order valence-corrected chi connectivity index (χ1v) is 4.86. The molecule has 0 bridgehead atoms. The SMILES string of the molecule is CC1CNC(c2cccc(F)c2)CO1. The zero-order chi connectivity index (χ0) is 9.97. The molecule has 0 aliphatic carbocycles. The third-order valence-electron chi connectivity index (χ3n) is 2.45. The van der Waals surface area contributed by atoms with E-state index in [2.05, 4.69) is 5.32 Å². The molecule has 14 heavy (non-hydrogen) atoms. The van der Waals surface area contributed by atoms with Crippen molar-refractivity contribution in [1.82, 2.24) is 5.32 Å². The Labute approximate surface area is 83.1 Å². The van der Waals surface area contributed by atoms with Crippen LogP contribution in [0.2, 0.25) is 0 Å². The molecule has 1 N–H and O–H groups in total. The van der Waals surface area contributed by atoms with Crippen LogP contribution in [0.5, 0.6) is 0 Å². The normalized spacial score (nSPS) is 27.6. The molecule has 1 fully saturated rings. The smallest absolute Gasteiger partial charge is 0.123 e. The Hall–Kier alpha value is -0.930. The lowest BCUT2D eigenvalue weighted by Crippen LogP contribution is -2.39. The summed E-state index contributed by atoms with van der Waals surface area (Å²) in [6, 6.07) is 6.78. The summed E-state index contributed by atoms with van der Waals surface area (Å²) in [6.07, 6.45) is 0.250. The molecule has 0 spiro atoms. The molecule has 1 saturated heterocycles. The summed E-state index contributed by atoms with van der Waals surface area (Å²) < 4.78 is 18.4. The molecule has 2 nitrogen and oxygen atoms in total. The molecule has 0 radical (unpaired) electrons. The Morgan fingerprint density at radius 1 is 1.50 bits per heavy atom. The van der Waals surface area contributed by atoms with E-state index in [1.807, 2.05) is 13.0 Å². The molecular formula is C11H14FNO. The lowest BCUT2D eigenvalue weighted by molar-refractivity contribution is 0.0149. The van der Waals surface area contributed by atoms with Gasteiger partial charge in [-0.25, -0.2) is 4.39 Å². The zero-order valence-electron chi connectivity index (χ0n) is 8.16. The fourth-order valence-corrected chi connectivity index (χ4v) is 1.62. The van der Waals surface area contributed by atoms with Crippen molar-refractivity contribution >= 4 is 0 Å². The van der Waals surface area contributed by atoms with Crippen LogP contribution in [0.4, 0.5) is 4.39 Å². The molecule has 0 saturated carbocycles. The molecule has 1 heterocycles. The third kappa shape index (κ3) is 2.11. The van der Waals surface area contributed by atoms with E-state index < -0.39 is 0 Å². The fourth-order valence-electron chi connectivity index (χ4n) is 1.62. The highest BCUT2D eigenvalue weighted by Gasteiger charge is 2.19. The van der Waals surface area contributed by atoms with Gasteiger partial charge >= 0.3 is 0 Å². The van der Waals surface area contributed by atoms with Gasteiger partial charge in [0.25, 0.3) is 0 Å². The van der Waals surface area contributed by atoms with Crippen molar-refractivity contribution in [1.29, 1.82) is 0 Å². The second-order valence-corrected chi connectivity index (χ2v) is 3.66. The van der Waals surface area contributed by atoms with Gasteiger partial charge in [-0.3, -0.25) is 0 Å². The molecule has 76 valence electrons. The van der Waals surface area contributed by atoms with Crippen molar-refractivity contribution in [2.75, 3.05) is 13.2 Å². The van der Waals surface area contributed by atoms with Crippen LogP contribution in [-0.2, 0) is 4.74 Å². The molecule has 2 rings (SSSR count). The van der Waals surface area contributed by atoms with Gasteiger partial charge in [-0.2, -0.15) is 0 Å². The number of benzene rings is 1. The summed E-state index contributed by atoms with van der Waals surface area (Å²) in [5, 5.41) is 3.32. The van der Waals surface area contributed by atoms with Crippen molar-refractivity contribution < 1.29 is 9.13 Å². The van der Waals surface area contributed by atoms with E-state index in [1.165, 1.54) is 6.07 Å². The van der Waals surface area contributed by atoms with Crippen molar-refractivity contribution in [2.24, 2.45) is 0 Å². The molecular weight excluding hydrogens is 181 g/mol. The van der Waals surface area contributed by atoms with Gasteiger partial charge in [-0.05, 0) is 24.6 Å². The van der Waals surface area contributed by atoms with Gasteiger partial charge in [-0.15, -0.1) is 0 Å². The Bertz CT molecular complexity index is 308. The molecule has 1 aromatic rings. The van der Waals surface area contributed by atoms with Crippen LogP contribution in [0, 0.1) is 5.82 Å². The largest absolute Gasteiger partial charge is 0.375 e. The van der Waals surface area contributed by atoms with Crippen molar-refractivity contribution in [3.8, 4) is 0 Å². The third-order valence-corrected chi connectivity index (χ3v) is 2.45. The van der Waals surface area contributed by atoms with E-state index in [1.54, 1.807) is 12.1 Å². The first kappa shape index (κ1) is 9.62. The van der Waals surface area contributed by atoms with Crippen molar-refractivity contribution in [2.45, 2.75) is 19.1 Å². The number of morpholine rings is 1. The minimum Gasteiger partial charge on any atom is -0.375 e. The summed E-state index contributed by atoms with van der Waals surface area (Å²) in [7, 11) is 0. The molecule has 2 atom stereocenters. The molecule has 1 aliphatic rings. The highest BCUT2D eigenvalue weighted by Crippen LogP contribution is 2.18. The van der Waals surface area contributed by atoms with Crippen LogP contribution in [-0.4, -0.2) is 19.3 Å². The highest BCUT2D eigenvalue weighted by molar-refractivity contribution is 5.20. The number of halogens is 1. The second kappa shape index (κ2) is 4.07. The first-order chi connectivity index (χ1) is 6.75. The minimum atomic E-state index is -0.192. The monoisotopic (exact) mass is 195 g/mol. The van der Waals surface area contributed by atoms with Crippen molar-refractivity contribution in [3.05, 3.63) is 35.6 Å². The highest BCUT2D eigenvalue weighted by atomic mass is 19.1. The number of hydrogen-bond donors (Lipinski definition) is 1. The van der Waals surface area contributed by atoms with E-state index in [4.69, 9.17) is 4.74 Å². The van der Waals surface area contributed by atoms with E-state index >= 15 is 0 Å². The van der Waals surface area contributed by atoms with Gasteiger partial charge in [0, 0.05) is 6.54 Å². The van der Waals surface area contributed by atoms with Gasteiger partial charge in [0.1, 0.15) is 5.82 Å². The van der Waals surface area contributed by atoms with Crippen LogP contribution >= 0.6 is 0 Å². The minimum absolute atomic E-state index is 0.127. The number of hydrogen-bond acceptors (Lipinski definition) is 2. The first-order valence-electron chi connectivity index (χ1n) is 4.86. The predicted octanol–water partition coefficient (Wildman–Crippen LogP) is 1.88. The maximum atomic E-state index is 12.9. The molecule has 1 aromatic carbocycles. The second-order valence-electron chi connectivity index (χ2n) is 3.66. The molecule has 1 aliphatic heterocycles. The summed E-state index contributed by atoms with van der Waals surface area (Å²) in [5.74, 6) is -0.192. The van der Waals surface area contributed by atoms with Crippen LogP contribution < -0.4 is 5.32 Å². The van der Waals surface area contributed by atoms with Gasteiger partial charge in [0.05, 0.1) is 18.8 Å². The lowest BCUT2D eigenvalue weighted by atomic mass is 10.1. The van der Waals surface area contributed by atoms with Gasteiger partial charge in [0.2, 0.25) is 0 Å². The summed E-state index contributed by atoms with van der Waals surface area (Å²) in [5.41, 5.74) is 0.955. The number of ether oxygens (including phenoxy) is 1. The predicted molar refractivity (Wildman–Crippen MR) is 52.6 cm³/mol. The lowest BCUT2D eigenvalue weighted by Gasteiger charge is -2.28. The van der Waals surface area contributed by atoms with Crippen LogP contribution in [0.3, 0.4) is 0 Å². The quantitative estimate of drug-likeness (QED) is 0.738. The van der Waals surface area contributed by atoms with Gasteiger partial charge < -0.3 is 10.1 Å². The fraction of sp³-hybridized carbons (Fsp3) is 0.455. The standard InChI is InChI=1S/C11H14FNO/c1-8-6-13-11(7-14-8)9-3-2-4-10(12)5-9/h2-5,8,11,13H,6-7H2,1H3. The van der Waals surface area contributed by atoms with E-state index in [9.17, 15) is 4.39 Å². The summed E-state index contributed by atoms with van der Waals surface area (Å²) in [4.78, 5) is 0. The number of nitrogens with one attached hydrogen (secondary N) is 1. The van der Waals surface area contributed by atoms with Crippen molar-refractivity contribution in [3.63, 3.8) is 0 Å². The van der Waals surface area contributed by atoms with Crippen LogP contribution in [0.1, 0.15) is 18.5 Å². The van der Waals surface area contributed by atoms with E-state index in [0.29, 0.717) is 6.61 Å². The van der Waals surface area contributed by atoms with Crippen LogP contribution in [0.25, 0.3) is 0 Å². The Balaban J connectivity index is 2.08. The maximum absolute atomic E-state index is 12.9. The number of rotatable bonds is 1. The Morgan fingerprint density at radius 3 is 3.00 bits per heavy atom. The molecule has 0 amide bonds. The molecule has 2 unspecified atom stereocenters. The topological polar surface area (TPSA) is 21.3 Å². The average Bonchev–Trinajstić information content (AvgIpc) is 2.19.